The smallest absolute Gasteiger partial charge is 0.310 e. The minimum absolute atomic E-state index is 0.0291. The van der Waals surface area contributed by atoms with Gasteiger partial charge in [-0.2, -0.15) is 0 Å². The third kappa shape index (κ3) is 2.96. The molecule has 0 saturated heterocycles. The van der Waals surface area contributed by atoms with E-state index in [1.54, 1.807) is 0 Å². The zero-order valence-electron chi connectivity index (χ0n) is 15.3. The first-order valence-corrected chi connectivity index (χ1v) is 8.49. The summed E-state index contributed by atoms with van der Waals surface area (Å²) in [5.74, 6) is -0.717. The Morgan fingerprint density at radius 3 is 2.10 bits per heavy atom. The number of hydrogen-bond donors (Lipinski definition) is 4. The van der Waals surface area contributed by atoms with E-state index in [0.29, 0.717) is 5.56 Å². The molecule has 0 aliphatic rings. The van der Waals surface area contributed by atoms with Crippen LogP contribution in [0, 0.1) is 20.2 Å². The first-order valence-electron chi connectivity index (χ1n) is 8.49. The Kier molecular flexibility index (Phi) is 4.27. The van der Waals surface area contributed by atoms with Crippen molar-refractivity contribution in [1.29, 1.82) is 0 Å². The second kappa shape index (κ2) is 6.84. The second-order valence-corrected chi connectivity index (χ2v) is 6.46. The Balaban J connectivity index is 2.17. The van der Waals surface area contributed by atoms with Crippen LogP contribution in [0.4, 0.5) is 22.7 Å². The number of phenols is 2. The van der Waals surface area contributed by atoms with Crippen molar-refractivity contribution in [2.45, 2.75) is 0 Å². The molecule has 6 N–H and O–H groups in total. The lowest BCUT2D eigenvalue weighted by molar-refractivity contribution is -0.384. The molecule has 13 heteroatoms. The molecule has 0 bridgehead atoms. The van der Waals surface area contributed by atoms with E-state index in [4.69, 9.17) is 16.1 Å². The van der Waals surface area contributed by atoms with Crippen molar-refractivity contribution in [3.8, 4) is 33.8 Å². The largest absolute Gasteiger partial charge is 0.508 e. The van der Waals surface area contributed by atoms with Crippen LogP contribution in [0.2, 0.25) is 0 Å². The summed E-state index contributed by atoms with van der Waals surface area (Å²) in [4.78, 5) is 21.4. The summed E-state index contributed by atoms with van der Waals surface area (Å²) in [5.41, 5.74) is 10.3. The molecule has 0 aliphatic heterocycles. The van der Waals surface area contributed by atoms with Gasteiger partial charge in [-0.3, -0.25) is 20.2 Å². The van der Waals surface area contributed by atoms with Gasteiger partial charge in [0, 0.05) is 11.6 Å². The summed E-state index contributed by atoms with van der Waals surface area (Å²) in [6.45, 7) is 0. The molecule has 0 aliphatic carbocycles. The van der Waals surface area contributed by atoms with Gasteiger partial charge >= 0.3 is 5.69 Å². The lowest BCUT2D eigenvalue weighted by Gasteiger charge is -2.15. The molecule has 156 valence electrons. The highest BCUT2D eigenvalue weighted by Gasteiger charge is 2.33. The van der Waals surface area contributed by atoms with Crippen LogP contribution in [0.15, 0.2) is 41.0 Å². The Morgan fingerprint density at radius 2 is 1.52 bits per heavy atom. The van der Waals surface area contributed by atoms with E-state index in [-0.39, 0.29) is 44.8 Å². The van der Waals surface area contributed by atoms with Gasteiger partial charge in [-0.1, -0.05) is 12.1 Å². The minimum atomic E-state index is -0.793. The fourth-order valence-corrected chi connectivity index (χ4v) is 3.37. The number of hydrogen-bond acceptors (Lipinski definition) is 11. The van der Waals surface area contributed by atoms with Crippen LogP contribution in [0.3, 0.4) is 0 Å². The highest BCUT2D eigenvalue weighted by molar-refractivity contribution is 6.12. The van der Waals surface area contributed by atoms with Gasteiger partial charge in [0.2, 0.25) is 5.52 Å². The second-order valence-electron chi connectivity index (χ2n) is 6.46. The lowest BCUT2D eigenvalue weighted by atomic mass is 9.91. The number of phenolic OH excluding ortho intramolecular Hbond substituents is 2. The number of nitro groups is 2. The molecule has 4 rings (SSSR count). The molecule has 4 aromatic rings. The highest BCUT2D eigenvalue weighted by atomic mass is 16.6. The van der Waals surface area contributed by atoms with Gasteiger partial charge in [-0.15, -0.1) is 0 Å². The Hall–Kier alpha value is -4.94. The summed E-state index contributed by atoms with van der Waals surface area (Å²) >= 11 is 0. The lowest BCUT2D eigenvalue weighted by Crippen LogP contribution is -2.04. The first kappa shape index (κ1) is 19.4. The van der Waals surface area contributed by atoms with Crippen LogP contribution in [0.5, 0.6) is 11.5 Å². The van der Waals surface area contributed by atoms with Crippen LogP contribution >= 0.6 is 0 Å². The molecule has 0 atom stereocenters. The number of aromatic nitrogens is 2. The molecule has 1 aromatic heterocycles. The van der Waals surface area contributed by atoms with E-state index >= 15 is 0 Å². The average Bonchev–Trinajstić information content (AvgIpc) is 3.17. The third-order valence-electron chi connectivity index (χ3n) is 4.66. The molecular formula is C18H12N6O7. The predicted octanol–water partition coefficient (Wildman–Crippen LogP) is 2.95. The quantitative estimate of drug-likeness (QED) is 0.212. The van der Waals surface area contributed by atoms with E-state index in [2.05, 4.69) is 10.3 Å². The minimum Gasteiger partial charge on any atom is -0.508 e. The fourth-order valence-electron chi connectivity index (χ4n) is 3.37. The maximum Gasteiger partial charge on any atom is 0.310 e. The van der Waals surface area contributed by atoms with Gasteiger partial charge in [-0.05, 0) is 28.0 Å². The summed E-state index contributed by atoms with van der Waals surface area (Å²) in [7, 11) is 0. The molecule has 0 saturated carbocycles. The van der Waals surface area contributed by atoms with Gasteiger partial charge in [0.1, 0.15) is 11.5 Å². The number of benzene rings is 3. The first-order chi connectivity index (χ1) is 14.7. The van der Waals surface area contributed by atoms with E-state index in [1.165, 1.54) is 24.3 Å². The summed E-state index contributed by atoms with van der Waals surface area (Å²) < 4.78 is 4.71. The maximum atomic E-state index is 11.9. The Labute approximate surface area is 171 Å². The molecule has 0 fully saturated rings. The monoisotopic (exact) mass is 424 g/mol. The molecule has 0 amide bonds. The fraction of sp³-hybridized carbons (Fsp3) is 0. The third-order valence-corrected chi connectivity index (χ3v) is 4.66. The van der Waals surface area contributed by atoms with Crippen molar-refractivity contribution in [1.82, 2.24) is 10.3 Å². The number of aromatic hydroxyl groups is 2. The van der Waals surface area contributed by atoms with Gasteiger partial charge in [-0.25, -0.2) is 4.63 Å². The topological polar surface area (TPSA) is 218 Å². The van der Waals surface area contributed by atoms with Gasteiger partial charge in [0.15, 0.2) is 5.52 Å². The van der Waals surface area contributed by atoms with Crippen molar-refractivity contribution in [3.05, 3.63) is 56.6 Å². The Bertz CT molecular complexity index is 1360. The molecule has 0 radical (unpaired) electrons. The van der Waals surface area contributed by atoms with Crippen molar-refractivity contribution < 1.29 is 24.7 Å². The highest BCUT2D eigenvalue weighted by Crippen LogP contribution is 2.51. The number of nitrogens with zero attached hydrogens (tertiary/aromatic N) is 4. The van der Waals surface area contributed by atoms with Gasteiger partial charge in [0.25, 0.3) is 5.69 Å². The van der Waals surface area contributed by atoms with Gasteiger partial charge in [0.05, 0.1) is 38.4 Å². The van der Waals surface area contributed by atoms with Crippen LogP contribution in [0.25, 0.3) is 33.3 Å². The predicted molar refractivity (Wildman–Crippen MR) is 108 cm³/mol. The molecular weight excluding hydrogens is 412 g/mol. The molecule has 13 nitrogen and oxygen atoms in total. The number of rotatable bonds is 4. The molecule has 0 spiro atoms. The molecule has 31 heavy (non-hydrogen) atoms. The zero-order valence-corrected chi connectivity index (χ0v) is 15.3. The number of anilines is 2. The molecule has 3 aromatic carbocycles. The number of nitrogens with two attached hydrogens (primary N) is 2. The SMILES string of the molecule is Nc1cc([N+](=O)[O-])cc(O)c1-c1c(N)c(-c2ccc(O)cc2)c2nonc2c1[N+](=O)[O-]. The van der Waals surface area contributed by atoms with E-state index in [1.807, 2.05) is 0 Å². The average molecular weight is 424 g/mol. The summed E-state index contributed by atoms with van der Waals surface area (Å²) in [6, 6.07) is 7.47. The van der Waals surface area contributed by atoms with E-state index < -0.39 is 27.0 Å². The van der Waals surface area contributed by atoms with Crippen LogP contribution in [-0.4, -0.2) is 30.4 Å². The van der Waals surface area contributed by atoms with Crippen LogP contribution in [0.1, 0.15) is 0 Å². The Morgan fingerprint density at radius 1 is 0.871 bits per heavy atom. The summed E-state index contributed by atoms with van der Waals surface area (Å²) in [5, 5.41) is 50.4. The van der Waals surface area contributed by atoms with Crippen LogP contribution in [-0.2, 0) is 0 Å². The number of fused-ring (bicyclic) bond motifs is 1. The standard InChI is InChI=1S/C18H12N6O7/c19-10-5-8(23(27)28)6-11(26)13(10)14-15(20)12(7-1-3-9(25)4-2-7)16-17(22-31-21-16)18(14)24(29)30/h1-6,25-26H,19-20H2. The molecule has 1 heterocycles. The van der Waals surface area contributed by atoms with Crippen molar-refractivity contribution in [3.63, 3.8) is 0 Å². The van der Waals surface area contributed by atoms with Crippen molar-refractivity contribution in [2.75, 3.05) is 11.5 Å². The normalized spacial score (nSPS) is 11.0. The summed E-state index contributed by atoms with van der Waals surface area (Å²) in [6.07, 6.45) is 0. The van der Waals surface area contributed by atoms with E-state index in [0.717, 1.165) is 12.1 Å². The van der Waals surface area contributed by atoms with Crippen molar-refractivity contribution in [2.24, 2.45) is 0 Å². The van der Waals surface area contributed by atoms with Gasteiger partial charge < -0.3 is 21.7 Å². The van der Waals surface area contributed by atoms with Crippen molar-refractivity contribution >= 4 is 33.8 Å². The number of non-ortho nitro benzene ring substituents is 1. The maximum absolute atomic E-state index is 11.9. The van der Waals surface area contributed by atoms with Crippen LogP contribution < -0.4 is 11.5 Å². The zero-order chi connectivity index (χ0) is 22.4. The number of nitrogen functional groups attached to an aromatic ring is 2. The number of nitro benzene ring substituents is 2. The molecule has 0 unspecified atom stereocenters. The van der Waals surface area contributed by atoms with E-state index in [9.17, 15) is 30.4 Å².